The summed E-state index contributed by atoms with van der Waals surface area (Å²) in [5.74, 6) is 1.07. The first-order chi connectivity index (χ1) is 15.0. The van der Waals surface area contributed by atoms with Crippen molar-refractivity contribution in [2.75, 3.05) is 4.90 Å². The van der Waals surface area contributed by atoms with Crippen LogP contribution < -0.4 is 4.90 Å². The summed E-state index contributed by atoms with van der Waals surface area (Å²) < 4.78 is 13.1. The highest BCUT2D eigenvalue weighted by Crippen LogP contribution is 2.31. The van der Waals surface area contributed by atoms with Gasteiger partial charge in [-0.15, -0.1) is 6.42 Å². The van der Waals surface area contributed by atoms with Crippen molar-refractivity contribution in [1.82, 2.24) is 0 Å². The molecule has 1 atom stereocenters. The molecule has 0 heterocycles. The van der Waals surface area contributed by atoms with Crippen LogP contribution >= 0.6 is 11.6 Å². The Bertz CT molecular complexity index is 1090. The van der Waals surface area contributed by atoms with Crippen LogP contribution in [0.25, 0.3) is 0 Å². The molecule has 0 fully saturated rings. The van der Waals surface area contributed by atoms with Gasteiger partial charge in [-0.2, -0.15) is 0 Å². The number of nitrogens with zero attached hydrogens (tertiary/aromatic N) is 1. The summed E-state index contributed by atoms with van der Waals surface area (Å²) in [6.45, 7) is 0. The van der Waals surface area contributed by atoms with Crippen molar-refractivity contribution < 1.29 is 14.0 Å². The molecule has 0 aliphatic rings. The molecular formula is C26H21ClFNO2. The van der Waals surface area contributed by atoms with Crippen LogP contribution in [0.3, 0.4) is 0 Å². The van der Waals surface area contributed by atoms with E-state index in [4.69, 9.17) is 18.0 Å². The molecule has 0 aliphatic carbocycles. The van der Waals surface area contributed by atoms with Gasteiger partial charge in [0.05, 0.1) is 0 Å². The van der Waals surface area contributed by atoms with E-state index < -0.39 is 11.9 Å². The highest BCUT2D eigenvalue weighted by molar-refractivity contribution is 6.31. The van der Waals surface area contributed by atoms with E-state index in [1.165, 1.54) is 17.0 Å². The van der Waals surface area contributed by atoms with Crippen molar-refractivity contribution in [3.63, 3.8) is 0 Å². The molecule has 3 aromatic carbocycles. The Morgan fingerprint density at radius 3 is 2.35 bits per heavy atom. The number of benzene rings is 3. The van der Waals surface area contributed by atoms with E-state index in [0.717, 1.165) is 5.56 Å². The van der Waals surface area contributed by atoms with Crippen LogP contribution in [-0.2, 0) is 16.0 Å². The van der Waals surface area contributed by atoms with E-state index in [9.17, 15) is 14.0 Å². The third-order valence-corrected chi connectivity index (χ3v) is 5.14. The van der Waals surface area contributed by atoms with Gasteiger partial charge in [-0.1, -0.05) is 60.1 Å². The highest BCUT2D eigenvalue weighted by Gasteiger charge is 2.31. The van der Waals surface area contributed by atoms with Gasteiger partial charge in [0.2, 0.25) is 0 Å². The second-order valence-electron chi connectivity index (χ2n) is 7.06. The summed E-state index contributed by atoms with van der Waals surface area (Å²) in [7, 11) is 0. The molecule has 1 unspecified atom stereocenters. The number of ketones is 1. The molecule has 0 N–H and O–H groups in total. The van der Waals surface area contributed by atoms with Crippen molar-refractivity contribution in [2.45, 2.75) is 25.3 Å². The van der Waals surface area contributed by atoms with Crippen molar-refractivity contribution in [1.29, 1.82) is 0 Å². The van der Waals surface area contributed by atoms with Crippen LogP contribution in [-0.4, -0.2) is 11.7 Å². The highest BCUT2D eigenvalue weighted by atomic mass is 35.5. The molecule has 0 aliphatic heterocycles. The minimum Gasteiger partial charge on any atom is -0.297 e. The molecule has 0 bridgehead atoms. The van der Waals surface area contributed by atoms with Crippen LogP contribution in [0.5, 0.6) is 0 Å². The fourth-order valence-electron chi connectivity index (χ4n) is 3.45. The first-order valence-electron chi connectivity index (χ1n) is 9.87. The summed E-state index contributed by atoms with van der Waals surface area (Å²) in [5.41, 5.74) is 2.06. The van der Waals surface area contributed by atoms with E-state index in [-0.39, 0.29) is 18.0 Å². The van der Waals surface area contributed by atoms with Gasteiger partial charge in [0.15, 0.2) is 5.78 Å². The molecule has 156 valence electrons. The van der Waals surface area contributed by atoms with Crippen molar-refractivity contribution in [3.05, 3.63) is 101 Å². The standard InChI is InChI=1S/C26H21ClFNO2/c1-2-25(31)29(23-12-7-11-21(27)18-23)26(20-9-4-3-5-10-20)24(30)13-6-8-19-14-16-22(28)17-15-19/h1,3-5,7,9-12,14-18,26H,6,8,13H2. The number of Topliss-reactive ketones (excluding diaryl/α,β-unsaturated/α-hetero) is 1. The first kappa shape index (κ1) is 22.3. The van der Waals surface area contributed by atoms with E-state index >= 15 is 0 Å². The smallest absolute Gasteiger partial charge is 0.297 e. The number of amides is 1. The zero-order valence-electron chi connectivity index (χ0n) is 16.8. The molecule has 3 nitrogen and oxygen atoms in total. The summed E-state index contributed by atoms with van der Waals surface area (Å²) in [5, 5.41) is 0.433. The molecule has 0 spiro atoms. The molecule has 31 heavy (non-hydrogen) atoms. The van der Waals surface area contributed by atoms with E-state index in [2.05, 4.69) is 5.92 Å². The number of carbonyl (C=O) groups is 2. The number of aryl methyl sites for hydroxylation is 1. The lowest BCUT2D eigenvalue weighted by atomic mass is 9.95. The molecule has 0 radical (unpaired) electrons. The lowest BCUT2D eigenvalue weighted by Crippen LogP contribution is -2.38. The maximum absolute atomic E-state index is 13.4. The van der Waals surface area contributed by atoms with Gasteiger partial charge >= 0.3 is 5.91 Å². The molecule has 0 saturated carbocycles. The number of terminal acetylenes is 1. The Balaban J connectivity index is 1.89. The van der Waals surface area contributed by atoms with Gasteiger partial charge in [0.25, 0.3) is 0 Å². The predicted molar refractivity (Wildman–Crippen MR) is 121 cm³/mol. The van der Waals surface area contributed by atoms with Gasteiger partial charge in [-0.3, -0.25) is 14.5 Å². The molecular weight excluding hydrogens is 413 g/mol. The number of anilines is 1. The Hall–Kier alpha value is -3.42. The SMILES string of the molecule is C#CC(=O)N(c1cccc(Cl)c1)C(C(=O)CCCc1ccc(F)cc1)c1ccccc1. The average molecular weight is 434 g/mol. The summed E-state index contributed by atoms with van der Waals surface area (Å²) in [6, 6.07) is 21.1. The molecule has 0 aromatic heterocycles. The number of hydrogen-bond donors (Lipinski definition) is 0. The largest absolute Gasteiger partial charge is 0.303 e. The van der Waals surface area contributed by atoms with Gasteiger partial charge in [-0.05, 0) is 60.2 Å². The molecule has 3 aromatic rings. The maximum Gasteiger partial charge on any atom is 0.303 e. The van der Waals surface area contributed by atoms with Crippen molar-refractivity contribution in [2.24, 2.45) is 0 Å². The van der Waals surface area contributed by atoms with Gasteiger partial charge in [0, 0.05) is 17.1 Å². The second kappa shape index (κ2) is 10.6. The van der Waals surface area contributed by atoms with Gasteiger partial charge in [0.1, 0.15) is 11.9 Å². The zero-order valence-corrected chi connectivity index (χ0v) is 17.6. The lowest BCUT2D eigenvalue weighted by molar-refractivity contribution is -0.123. The number of hydrogen-bond acceptors (Lipinski definition) is 2. The maximum atomic E-state index is 13.4. The number of carbonyl (C=O) groups excluding carboxylic acids is 2. The topological polar surface area (TPSA) is 37.4 Å². The zero-order chi connectivity index (χ0) is 22.2. The Morgan fingerprint density at radius 1 is 1.00 bits per heavy atom. The van der Waals surface area contributed by atoms with E-state index in [0.29, 0.717) is 29.1 Å². The quantitative estimate of drug-likeness (QED) is 0.422. The fraction of sp³-hybridized carbons (Fsp3) is 0.154. The van der Waals surface area contributed by atoms with Crippen LogP contribution in [0.2, 0.25) is 5.02 Å². The second-order valence-corrected chi connectivity index (χ2v) is 7.50. The van der Waals surface area contributed by atoms with Crippen LogP contribution in [0, 0.1) is 18.2 Å². The van der Waals surface area contributed by atoms with Gasteiger partial charge in [-0.25, -0.2) is 4.39 Å². The van der Waals surface area contributed by atoms with Gasteiger partial charge < -0.3 is 0 Å². The minimum absolute atomic E-state index is 0.142. The summed E-state index contributed by atoms with van der Waals surface area (Å²) in [4.78, 5) is 27.4. The molecule has 5 heteroatoms. The van der Waals surface area contributed by atoms with Crippen LogP contribution in [0.15, 0.2) is 78.9 Å². The fourth-order valence-corrected chi connectivity index (χ4v) is 3.63. The minimum atomic E-state index is -0.878. The molecule has 3 rings (SSSR count). The Morgan fingerprint density at radius 2 is 1.71 bits per heavy atom. The molecule has 0 saturated heterocycles. The lowest BCUT2D eigenvalue weighted by Gasteiger charge is -2.30. The Labute approximate surface area is 186 Å². The normalized spacial score (nSPS) is 11.4. The van der Waals surface area contributed by atoms with Crippen molar-refractivity contribution in [3.8, 4) is 12.3 Å². The molecule has 1 amide bonds. The third kappa shape index (κ3) is 5.81. The Kier molecular flexibility index (Phi) is 7.59. The number of halogens is 2. The van der Waals surface area contributed by atoms with E-state index in [1.807, 2.05) is 18.2 Å². The van der Waals surface area contributed by atoms with Crippen molar-refractivity contribution >= 4 is 29.0 Å². The summed E-state index contributed by atoms with van der Waals surface area (Å²) in [6.07, 6.45) is 6.84. The first-order valence-corrected chi connectivity index (χ1v) is 10.2. The third-order valence-electron chi connectivity index (χ3n) is 4.91. The van der Waals surface area contributed by atoms with Crippen LogP contribution in [0.1, 0.15) is 30.0 Å². The van der Waals surface area contributed by atoms with E-state index in [1.54, 1.807) is 48.5 Å². The predicted octanol–water partition coefficient (Wildman–Crippen LogP) is 5.78. The summed E-state index contributed by atoms with van der Waals surface area (Å²) >= 11 is 6.13. The monoisotopic (exact) mass is 433 g/mol. The number of rotatable bonds is 8. The van der Waals surface area contributed by atoms with Crippen LogP contribution in [0.4, 0.5) is 10.1 Å². The average Bonchev–Trinajstić information content (AvgIpc) is 2.78.